The fraction of sp³-hybridized carbons (Fsp3) is 0.0476. The molecule has 3 aromatic rings. The van der Waals surface area contributed by atoms with E-state index < -0.39 is 11.5 Å². The largest absolute Gasteiger partial charge is 0.372 e. The SMILES string of the molecule is O=C(NN=Cc1cccc(Cl)c1Cl)C(O)(c1ccccc1)c1ccccc1. The van der Waals surface area contributed by atoms with Crippen molar-refractivity contribution >= 4 is 35.3 Å². The molecule has 27 heavy (non-hydrogen) atoms. The van der Waals surface area contributed by atoms with Crippen molar-refractivity contribution in [3.63, 3.8) is 0 Å². The van der Waals surface area contributed by atoms with Crippen LogP contribution in [0.15, 0.2) is 84.0 Å². The molecule has 0 unspecified atom stereocenters. The average molecular weight is 399 g/mol. The van der Waals surface area contributed by atoms with Crippen molar-refractivity contribution in [2.75, 3.05) is 0 Å². The third-order valence-corrected chi connectivity index (χ3v) is 4.90. The third-order valence-electron chi connectivity index (χ3n) is 4.06. The van der Waals surface area contributed by atoms with Gasteiger partial charge in [-0.2, -0.15) is 5.10 Å². The number of aliphatic hydroxyl groups is 1. The maximum Gasteiger partial charge on any atom is 0.281 e. The molecule has 0 spiro atoms. The van der Waals surface area contributed by atoms with Gasteiger partial charge in [-0.05, 0) is 17.2 Å². The molecule has 136 valence electrons. The quantitative estimate of drug-likeness (QED) is 0.494. The molecule has 0 bridgehead atoms. The third kappa shape index (κ3) is 4.03. The number of amides is 1. The number of rotatable bonds is 5. The van der Waals surface area contributed by atoms with Crippen molar-refractivity contribution in [1.29, 1.82) is 0 Å². The second-order valence-electron chi connectivity index (χ2n) is 5.78. The Bertz CT molecular complexity index is 921. The van der Waals surface area contributed by atoms with Gasteiger partial charge in [0.2, 0.25) is 0 Å². The number of nitrogens with one attached hydrogen (secondary N) is 1. The predicted octanol–water partition coefficient (Wildman–Crippen LogP) is 4.38. The fourth-order valence-electron chi connectivity index (χ4n) is 2.65. The van der Waals surface area contributed by atoms with Crippen LogP contribution in [0.1, 0.15) is 16.7 Å². The van der Waals surface area contributed by atoms with Crippen molar-refractivity contribution in [3.8, 4) is 0 Å². The van der Waals surface area contributed by atoms with Crippen LogP contribution < -0.4 is 5.43 Å². The van der Waals surface area contributed by atoms with Crippen LogP contribution in [0.3, 0.4) is 0 Å². The summed E-state index contributed by atoms with van der Waals surface area (Å²) in [5, 5.41) is 15.9. The van der Waals surface area contributed by atoms with E-state index >= 15 is 0 Å². The van der Waals surface area contributed by atoms with Gasteiger partial charge in [-0.15, -0.1) is 0 Å². The van der Waals surface area contributed by atoms with Crippen LogP contribution in [0.5, 0.6) is 0 Å². The number of hydrogen-bond donors (Lipinski definition) is 2. The van der Waals surface area contributed by atoms with E-state index in [1.165, 1.54) is 6.21 Å². The summed E-state index contributed by atoms with van der Waals surface area (Å²) < 4.78 is 0. The molecule has 0 aliphatic carbocycles. The molecule has 0 aromatic heterocycles. The smallest absolute Gasteiger partial charge is 0.281 e. The number of carbonyl (C=O) groups is 1. The van der Waals surface area contributed by atoms with Gasteiger partial charge in [-0.3, -0.25) is 4.79 Å². The Morgan fingerprint density at radius 1 is 0.889 bits per heavy atom. The number of halogens is 2. The normalized spacial score (nSPS) is 11.5. The molecule has 1 amide bonds. The van der Waals surface area contributed by atoms with E-state index in [9.17, 15) is 9.90 Å². The number of benzene rings is 3. The Morgan fingerprint density at radius 2 is 1.44 bits per heavy atom. The zero-order chi connectivity index (χ0) is 19.3. The Kier molecular flexibility index (Phi) is 5.91. The molecule has 3 rings (SSSR count). The summed E-state index contributed by atoms with van der Waals surface area (Å²) in [7, 11) is 0. The van der Waals surface area contributed by atoms with Gasteiger partial charge in [0, 0.05) is 5.56 Å². The second-order valence-corrected chi connectivity index (χ2v) is 6.57. The molecule has 0 fully saturated rings. The van der Waals surface area contributed by atoms with Gasteiger partial charge in [0.15, 0.2) is 5.60 Å². The summed E-state index contributed by atoms with van der Waals surface area (Å²) in [6.45, 7) is 0. The first-order valence-corrected chi connectivity index (χ1v) is 8.90. The first-order valence-electron chi connectivity index (χ1n) is 8.14. The van der Waals surface area contributed by atoms with Gasteiger partial charge >= 0.3 is 0 Å². The minimum Gasteiger partial charge on any atom is -0.372 e. The zero-order valence-corrected chi connectivity index (χ0v) is 15.7. The minimum atomic E-state index is -1.89. The van der Waals surface area contributed by atoms with Crippen LogP contribution in [0, 0.1) is 0 Å². The van der Waals surface area contributed by atoms with E-state index in [0.29, 0.717) is 26.7 Å². The summed E-state index contributed by atoms with van der Waals surface area (Å²) in [6, 6.07) is 22.5. The van der Waals surface area contributed by atoms with Crippen molar-refractivity contribution in [2.45, 2.75) is 5.60 Å². The zero-order valence-electron chi connectivity index (χ0n) is 14.1. The molecule has 0 radical (unpaired) electrons. The van der Waals surface area contributed by atoms with Crippen LogP contribution in [0.25, 0.3) is 0 Å². The molecular weight excluding hydrogens is 383 g/mol. The van der Waals surface area contributed by atoms with Crippen LogP contribution in [-0.4, -0.2) is 17.2 Å². The van der Waals surface area contributed by atoms with Gasteiger partial charge in [0.1, 0.15) is 0 Å². The highest BCUT2D eigenvalue weighted by atomic mass is 35.5. The van der Waals surface area contributed by atoms with E-state index in [0.717, 1.165) is 0 Å². The standard InChI is InChI=1S/C21H16Cl2N2O2/c22-18-13-7-8-15(19(18)23)14-24-25-20(26)21(27,16-9-3-1-4-10-16)17-11-5-2-6-12-17/h1-14,27H,(H,25,26). The maximum absolute atomic E-state index is 12.9. The number of hydrazone groups is 1. The molecule has 0 aliphatic rings. The fourth-order valence-corrected chi connectivity index (χ4v) is 3.01. The Morgan fingerprint density at radius 3 is 2.00 bits per heavy atom. The summed E-state index contributed by atoms with van der Waals surface area (Å²) in [6.07, 6.45) is 1.38. The minimum absolute atomic E-state index is 0.332. The van der Waals surface area contributed by atoms with Crippen molar-refractivity contribution < 1.29 is 9.90 Å². The van der Waals surface area contributed by atoms with E-state index in [-0.39, 0.29) is 0 Å². The van der Waals surface area contributed by atoms with Crippen LogP contribution in [0.2, 0.25) is 10.0 Å². The molecule has 2 N–H and O–H groups in total. The van der Waals surface area contributed by atoms with Gasteiger partial charge in [0.25, 0.3) is 5.91 Å². The van der Waals surface area contributed by atoms with Crippen LogP contribution in [-0.2, 0) is 10.4 Å². The van der Waals surface area contributed by atoms with Gasteiger partial charge in [-0.1, -0.05) is 96.0 Å². The molecule has 0 saturated heterocycles. The van der Waals surface area contributed by atoms with Crippen LogP contribution >= 0.6 is 23.2 Å². The molecule has 4 nitrogen and oxygen atoms in total. The monoisotopic (exact) mass is 398 g/mol. The van der Waals surface area contributed by atoms with E-state index in [2.05, 4.69) is 10.5 Å². The predicted molar refractivity (Wildman–Crippen MR) is 108 cm³/mol. The molecular formula is C21H16Cl2N2O2. The van der Waals surface area contributed by atoms with Gasteiger partial charge < -0.3 is 5.11 Å². The summed E-state index contributed by atoms with van der Waals surface area (Å²) in [4.78, 5) is 12.9. The van der Waals surface area contributed by atoms with Gasteiger partial charge in [-0.25, -0.2) is 5.43 Å². The lowest BCUT2D eigenvalue weighted by Crippen LogP contribution is -2.43. The molecule has 3 aromatic carbocycles. The highest BCUT2D eigenvalue weighted by Gasteiger charge is 2.39. The van der Waals surface area contributed by atoms with E-state index in [1.54, 1.807) is 66.7 Å². The van der Waals surface area contributed by atoms with E-state index in [4.69, 9.17) is 23.2 Å². The number of hydrogen-bond acceptors (Lipinski definition) is 3. The average Bonchev–Trinajstić information content (AvgIpc) is 2.71. The summed E-state index contributed by atoms with van der Waals surface area (Å²) in [5.41, 5.74) is 1.92. The second kappa shape index (κ2) is 8.35. The lowest BCUT2D eigenvalue weighted by molar-refractivity contribution is -0.136. The highest BCUT2D eigenvalue weighted by molar-refractivity contribution is 6.43. The first kappa shape index (κ1) is 19.1. The first-order chi connectivity index (χ1) is 13.0. The van der Waals surface area contributed by atoms with Crippen molar-refractivity contribution in [2.24, 2.45) is 5.10 Å². The maximum atomic E-state index is 12.9. The Balaban J connectivity index is 1.91. The Hall–Kier alpha value is -2.66. The van der Waals surface area contributed by atoms with E-state index in [1.807, 2.05) is 12.1 Å². The lowest BCUT2D eigenvalue weighted by atomic mass is 9.85. The number of carbonyl (C=O) groups excluding carboxylic acids is 1. The van der Waals surface area contributed by atoms with Crippen molar-refractivity contribution in [3.05, 3.63) is 106 Å². The van der Waals surface area contributed by atoms with Gasteiger partial charge in [0.05, 0.1) is 16.3 Å². The molecule has 0 saturated carbocycles. The van der Waals surface area contributed by atoms with Crippen LogP contribution in [0.4, 0.5) is 0 Å². The van der Waals surface area contributed by atoms with Crippen molar-refractivity contribution in [1.82, 2.24) is 5.43 Å². The molecule has 0 atom stereocenters. The summed E-state index contributed by atoms with van der Waals surface area (Å²) in [5.74, 6) is -0.686. The lowest BCUT2D eigenvalue weighted by Gasteiger charge is -2.27. The molecule has 0 heterocycles. The molecule has 0 aliphatic heterocycles. The number of nitrogens with zero attached hydrogens (tertiary/aromatic N) is 1. The topological polar surface area (TPSA) is 61.7 Å². The highest BCUT2D eigenvalue weighted by Crippen LogP contribution is 2.30. The summed E-state index contributed by atoms with van der Waals surface area (Å²) >= 11 is 12.1. The molecule has 6 heteroatoms. The Labute approximate surface area is 167 Å².